The van der Waals surface area contributed by atoms with Crippen LogP contribution in [0, 0.1) is 15.9 Å². The minimum Gasteiger partial charge on any atom is -0.489 e. The lowest BCUT2D eigenvalue weighted by atomic mass is 10.2. The Labute approximate surface area is 124 Å². The number of halogens is 2. The van der Waals surface area contributed by atoms with Crippen molar-refractivity contribution in [2.45, 2.75) is 6.61 Å². The van der Waals surface area contributed by atoms with Crippen molar-refractivity contribution in [1.29, 1.82) is 0 Å². The van der Waals surface area contributed by atoms with Gasteiger partial charge in [0.15, 0.2) is 0 Å². The van der Waals surface area contributed by atoms with Gasteiger partial charge in [-0.15, -0.1) is 0 Å². The van der Waals surface area contributed by atoms with E-state index in [4.69, 9.17) is 16.3 Å². The fourth-order valence-electron chi connectivity index (χ4n) is 1.74. The first-order valence-corrected chi connectivity index (χ1v) is 6.19. The van der Waals surface area contributed by atoms with Gasteiger partial charge in [0.2, 0.25) is 0 Å². The number of aldehydes is 1. The van der Waals surface area contributed by atoms with E-state index in [-0.39, 0.29) is 29.2 Å². The molecule has 7 heteroatoms. The molecule has 0 amide bonds. The second-order valence-electron chi connectivity index (χ2n) is 4.16. The van der Waals surface area contributed by atoms with Gasteiger partial charge in [-0.05, 0) is 24.3 Å². The maximum Gasteiger partial charge on any atom is 0.276 e. The van der Waals surface area contributed by atoms with E-state index in [1.165, 1.54) is 24.3 Å². The first kappa shape index (κ1) is 14.9. The van der Waals surface area contributed by atoms with Crippen molar-refractivity contribution in [3.8, 4) is 5.75 Å². The summed E-state index contributed by atoms with van der Waals surface area (Å²) >= 11 is 5.79. The van der Waals surface area contributed by atoms with Crippen LogP contribution in [0.25, 0.3) is 0 Å². The van der Waals surface area contributed by atoms with Crippen LogP contribution in [0.3, 0.4) is 0 Å². The van der Waals surface area contributed by atoms with E-state index in [9.17, 15) is 19.3 Å². The van der Waals surface area contributed by atoms with Crippen LogP contribution in [-0.2, 0) is 6.61 Å². The van der Waals surface area contributed by atoms with Crippen molar-refractivity contribution in [1.82, 2.24) is 0 Å². The monoisotopic (exact) mass is 309 g/mol. The lowest BCUT2D eigenvalue weighted by Crippen LogP contribution is -2.01. The third kappa shape index (κ3) is 3.76. The molecule has 0 aliphatic heterocycles. The number of carbonyl (C=O) groups excluding carboxylic acids is 1. The van der Waals surface area contributed by atoms with Gasteiger partial charge in [-0.25, -0.2) is 4.39 Å². The predicted octanol–water partition coefficient (Wildman–Crippen LogP) is 3.78. The van der Waals surface area contributed by atoms with Crippen molar-refractivity contribution in [3.05, 3.63) is 68.5 Å². The Hall–Kier alpha value is -2.47. The largest absolute Gasteiger partial charge is 0.489 e. The highest BCUT2D eigenvalue weighted by Gasteiger charge is 2.14. The molecule has 0 radical (unpaired) electrons. The summed E-state index contributed by atoms with van der Waals surface area (Å²) in [6, 6.07) is 7.55. The zero-order chi connectivity index (χ0) is 15.4. The number of nitrogens with zero attached hydrogens (tertiary/aromatic N) is 1. The first-order chi connectivity index (χ1) is 9.99. The van der Waals surface area contributed by atoms with E-state index in [1.54, 1.807) is 0 Å². The molecule has 0 bridgehead atoms. The van der Waals surface area contributed by atoms with Crippen LogP contribution in [0.15, 0.2) is 36.4 Å². The van der Waals surface area contributed by atoms with Crippen LogP contribution in [-0.4, -0.2) is 11.2 Å². The molecule has 21 heavy (non-hydrogen) atoms. The van der Waals surface area contributed by atoms with E-state index < -0.39 is 10.7 Å². The third-order valence-electron chi connectivity index (χ3n) is 2.66. The lowest BCUT2D eigenvalue weighted by molar-refractivity contribution is -0.385. The molecule has 2 aromatic rings. The normalized spacial score (nSPS) is 10.2. The molecule has 2 rings (SSSR count). The van der Waals surface area contributed by atoms with Gasteiger partial charge in [0, 0.05) is 22.7 Å². The molecule has 0 fully saturated rings. The molecule has 0 aliphatic rings. The molecular formula is C14H9ClFNO4. The molecule has 0 heterocycles. The zero-order valence-corrected chi connectivity index (χ0v) is 11.3. The van der Waals surface area contributed by atoms with E-state index >= 15 is 0 Å². The van der Waals surface area contributed by atoms with Crippen LogP contribution < -0.4 is 4.74 Å². The SMILES string of the molecule is O=Cc1cc(F)cc(OCc2cc(Cl)ccc2[N+](=O)[O-])c1. The molecule has 0 N–H and O–H groups in total. The second-order valence-corrected chi connectivity index (χ2v) is 4.59. The van der Waals surface area contributed by atoms with Crippen LogP contribution in [0.2, 0.25) is 5.02 Å². The molecule has 0 spiro atoms. The summed E-state index contributed by atoms with van der Waals surface area (Å²) < 4.78 is 18.5. The maximum absolute atomic E-state index is 13.2. The fraction of sp³-hybridized carbons (Fsp3) is 0.0714. The number of nitro benzene ring substituents is 1. The molecule has 0 unspecified atom stereocenters. The number of nitro groups is 1. The molecule has 5 nitrogen and oxygen atoms in total. The average molecular weight is 310 g/mol. The predicted molar refractivity (Wildman–Crippen MR) is 74.2 cm³/mol. The number of rotatable bonds is 5. The highest BCUT2D eigenvalue weighted by molar-refractivity contribution is 6.30. The van der Waals surface area contributed by atoms with E-state index in [1.807, 2.05) is 0 Å². The van der Waals surface area contributed by atoms with Crippen molar-refractivity contribution in [3.63, 3.8) is 0 Å². The summed E-state index contributed by atoms with van der Waals surface area (Å²) in [4.78, 5) is 21.0. The Morgan fingerprint density at radius 3 is 2.71 bits per heavy atom. The molecule has 0 saturated heterocycles. The standard InChI is InChI=1S/C14H9ClFNO4/c15-11-1-2-14(17(19)20)10(5-11)8-21-13-4-9(7-18)3-12(16)6-13/h1-7H,8H2. The Kier molecular flexibility index (Phi) is 4.49. The van der Waals surface area contributed by atoms with Gasteiger partial charge in [0.25, 0.3) is 5.69 Å². The number of hydrogen-bond acceptors (Lipinski definition) is 4. The summed E-state index contributed by atoms with van der Waals surface area (Å²) in [6.45, 7) is -0.168. The molecule has 0 atom stereocenters. The summed E-state index contributed by atoms with van der Waals surface area (Å²) in [5.41, 5.74) is 0.224. The number of hydrogen-bond donors (Lipinski definition) is 0. The minimum atomic E-state index is -0.629. The van der Waals surface area contributed by atoms with Gasteiger partial charge < -0.3 is 4.74 Å². The smallest absolute Gasteiger partial charge is 0.276 e. The van der Waals surface area contributed by atoms with E-state index in [2.05, 4.69) is 0 Å². The Balaban J connectivity index is 2.24. The Morgan fingerprint density at radius 2 is 2.05 bits per heavy atom. The van der Waals surface area contributed by atoms with Crippen LogP contribution in [0.4, 0.5) is 10.1 Å². The first-order valence-electron chi connectivity index (χ1n) is 5.81. The minimum absolute atomic E-state index is 0.103. The van der Waals surface area contributed by atoms with Crippen LogP contribution >= 0.6 is 11.6 Å². The number of ether oxygens (including phenoxy) is 1. The molecule has 0 aromatic heterocycles. The Morgan fingerprint density at radius 1 is 1.29 bits per heavy atom. The summed E-state index contributed by atoms with van der Waals surface area (Å²) in [5, 5.41) is 11.2. The summed E-state index contributed by atoms with van der Waals surface area (Å²) in [6.07, 6.45) is 0.484. The van der Waals surface area contributed by atoms with Crippen molar-refractivity contribution in [2.75, 3.05) is 0 Å². The second kappa shape index (κ2) is 6.32. The van der Waals surface area contributed by atoms with Gasteiger partial charge in [0.1, 0.15) is 24.5 Å². The summed E-state index contributed by atoms with van der Waals surface area (Å²) in [7, 11) is 0. The topological polar surface area (TPSA) is 69.4 Å². The van der Waals surface area contributed by atoms with Crippen molar-refractivity contribution in [2.24, 2.45) is 0 Å². The number of benzene rings is 2. The highest BCUT2D eigenvalue weighted by Crippen LogP contribution is 2.25. The van der Waals surface area contributed by atoms with Crippen LogP contribution in [0.5, 0.6) is 5.75 Å². The van der Waals surface area contributed by atoms with Gasteiger partial charge >= 0.3 is 0 Å². The maximum atomic E-state index is 13.2. The van der Waals surface area contributed by atoms with Gasteiger partial charge in [-0.3, -0.25) is 14.9 Å². The van der Waals surface area contributed by atoms with E-state index in [0.29, 0.717) is 11.3 Å². The van der Waals surface area contributed by atoms with Crippen molar-refractivity contribution >= 4 is 23.6 Å². The highest BCUT2D eigenvalue weighted by atomic mass is 35.5. The van der Waals surface area contributed by atoms with E-state index in [0.717, 1.165) is 12.1 Å². The molecule has 0 aliphatic carbocycles. The molecular weight excluding hydrogens is 301 g/mol. The number of carbonyl (C=O) groups is 1. The molecule has 0 saturated carbocycles. The third-order valence-corrected chi connectivity index (χ3v) is 2.90. The van der Waals surface area contributed by atoms with Gasteiger partial charge in [-0.2, -0.15) is 0 Å². The van der Waals surface area contributed by atoms with Gasteiger partial charge in [-0.1, -0.05) is 11.6 Å². The zero-order valence-electron chi connectivity index (χ0n) is 10.6. The molecule has 108 valence electrons. The molecule has 2 aromatic carbocycles. The van der Waals surface area contributed by atoms with Gasteiger partial charge in [0.05, 0.1) is 10.5 Å². The fourth-order valence-corrected chi connectivity index (χ4v) is 1.94. The summed E-state index contributed by atoms with van der Waals surface area (Å²) in [5.74, 6) is -0.526. The quantitative estimate of drug-likeness (QED) is 0.479. The Bertz CT molecular complexity index is 705. The average Bonchev–Trinajstić information content (AvgIpc) is 2.44. The van der Waals surface area contributed by atoms with Crippen LogP contribution in [0.1, 0.15) is 15.9 Å². The van der Waals surface area contributed by atoms with Crippen molar-refractivity contribution < 1.29 is 18.8 Å². The lowest BCUT2D eigenvalue weighted by Gasteiger charge is -2.08.